The number of rotatable bonds is 2. The minimum Gasteiger partial charge on any atom is -0.203 e. The molecule has 0 nitrogen and oxygen atoms in total. The zero-order valence-corrected chi connectivity index (χ0v) is 19.6. The van der Waals surface area contributed by atoms with E-state index in [1.807, 2.05) is 0 Å². The van der Waals surface area contributed by atoms with Gasteiger partial charge in [0.25, 0.3) is 0 Å². The van der Waals surface area contributed by atoms with Crippen molar-refractivity contribution in [1.29, 1.82) is 0 Å². The molecular formula is C30H10F10. The van der Waals surface area contributed by atoms with E-state index >= 15 is 0 Å². The molecule has 0 atom stereocenters. The second-order valence-corrected chi connectivity index (χ2v) is 9.07. The van der Waals surface area contributed by atoms with Crippen molar-refractivity contribution in [2.75, 3.05) is 0 Å². The average Bonchev–Trinajstić information content (AvgIpc) is 2.95. The van der Waals surface area contributed by atoms with E-state index in [0.29, 0.717) is 32.3 Å². The first-order chi connectivity index (χ1) is 19.0. The molecule has 0 N–H and O–H groups in total. The van der Waals surface area contributed by atoms with Gasteiger partial charge in [-0.2, -0.15) is 0 Å². The Balaban J connectivity index is 1.51. The molecular weight excluding hydrogens is 550 g/mol. The summed E-state index contributed by atoms with van der Waals surface area (Å²) in [6.07, 6.45) is 0. The Morgan fingerprint density at radius 3 is 0.825 bits per heavy atom. The number of halogens is 10. The van der Waals surface area contributed by atoms with E-state index in [2.05, 4.69) is 0 Å². The van der Waals surface area contributed by atoms with Gasteiger partial charge in [-0.15, -0.1) is 0 Å². The molecule has 6 aromatic rings. The molecule has 0 aromatic heterocycles. The molecule has 0 aliphatic rings. The number of hydrogen-bond donors (Lipinski definition) is 0. The Morgan fingerprint density at radius 1 is 0.250 bits per heavy atom. The Hall–Kier alpha value is -4.60. The average molecular weight is 560 g/mol. The van der Waals surface area contributed by atoms with Gasteiger partial charge in [0.2, 0.25) is 11.6 Å². The molecule has 6 rings (SSSR count). The van der Waals surface area contributed by atoms with Crippen LogP contribution >= 0.6 is 0 Å². The Labute approximate surface area is 217 Å². The SMILES string of the molecule is Fc1c(F)c(F)c(-c2ccc3cc4cc5cc(-c6c(F)c(F)c(F)c(F)c6F)ccc5cc4cc3c2)c(F)c1F. The van der Waals surface area contributed by atoms with Gasteiger partial charge in [-0.25, -0.2) is 43.9 Å². The highest BCUT2D eigenvalue weighted by Gasteiger charge is 2.28. The third kappa shape index (κ3) is 3.70. The van der Waals surface area contributed by atoms with Crippen LogP contribution in [-0.4, -0.2) is 0 Å². The first kappa shape index (κ1) is 25.7. The molecule has 6 aromatic carbocycles. The second-order valence-electron chi connectivity index (χ2n) is 9.07. The smallest absolute Gasteiger partial charge is 0.200 e. The number of fused-ring (bicyclic) bond motifs is 3. The van der Waals surface area contributed by atoms with Crippen molar-refractivity contribution in [3.05, 3.63) is 119 Å². The van der Waals surface area contributed by atoms with Crippen LogP contribution in [0.3, 0.4) is 0 Å². The van der Waals surface area contributed by atoms with Gasteiger partial charge in [0.1, 0.15) is 0 Å². The standard InChI is InChI=1S/C30H10F10/c31-21-19(22(32)26(36)29(39)25(21)35)13-3-1-11-5-17-10-16-8-14(4-2-12(16)6-18(17)9-15(11)7-13)20-23(33)27(37)30(40)28(38)24(20)34/h1-10H. The van der Waals surface area contributed by atoms with E-state index in [1.54, 1.807) is 24.3 Å². The van der Waals surface area contributed by atoms with Crippen LogP contribution in [0.5, 0.6) is 0 Å². The van der Waals surface area contributed by atoms with Crippen molar-refractivity contribution in [3.8, 4) is 22.3 Å². The fourth-order valence-corrected chi connectivity index (χ4v) is 4.78. The summed E-state index contributed by atoms with van der Waals surface area (Å²) in [5.74, 6) is -20.7. The maximum absolute atomic E-state index is 14.4. The molecule has 0 bridgehead atoms. The van der Waals surface area contributed by atoms with E-state index in [1.165, 1.54) is 36.4 Å². The van der Waals surface area contributed by atoms with Crippen molar-refractivity contribution in [2.24, 2.45) is 0 Å². The lowest BCUT2D eigenvalue weighted by molar-refractivity contribution is 0.381. The van der Waals surface area contributed by atoms with E-state index in [9.17, 15) is 43.9 Å². The molecule has 40 heavy (non-hydrogen) atoms. The van der Waals surface area contributed by atoms with Crippen LogP contribution in [-0.2, 0) is 0 Å². The van der Waals surface area contributed by atoms with Gasteiger partial charge < -0.3 is 0 Å². The molecule has 200 valence electrons. The van der Waals surface area contributed by atoms with E-state index in [-0.39, 0.29) is 11.1 Å². The van der Waals surface area contributed by atoms with Crippen LogP contribution in [0.25, 0.3) is 54.6 Å². The van der Waals surface area contributed by atoms with Gasteiger partial charge in [-0.1, -0.05) is 24.3 Å². The van der Waals surface area contributed by atoms with Crippen molar-refractivity contribution < 1.29 is 43.9 Å². The molecule has 0 saturated carbocycles. The van der Waals surface area contributed by atoms with E-state index < -0.39 is 69.3 Å². The van der Waals surface area contributed by atoms with Crippen LogP contribution in [0.1, 0.15) is 0 Å². The summed E-state index contributed by atoms with van der Waals surface area (Å²) in [4.78, 5) is 0. The third-order valence-electron chi connectivity index (χ3n) is 6.75. The maximum Gasteiger partial charge on any atom is 0.200 e. The fraction of sp³-hybridized carbons (Fsp3) is 0. The summed E-state index contributed by atoms with van der Waals surface area (Å²) in [6, 6.07) is 14.3. The van der Waals surface area contributed by atoms with Gasteiger partial charge >= 0.3 is 0 Å². The fourth-order valence-electron chi connectivity index (χ4n) is 4.78. The van der Waals surface area contributed by atoms with Crippen molar-refractivity contribution >= 4 is 32.3 Å². The molecule has 0 saturated heterocycles. The highest BCUT2D eigenvalue weighted by molar-refractivity contribution is 6.06. The molecule has 0 spiro atoms. The van der Waals surface area contributed by atoms with Crippen LogP contribution in [0.4, 0.5) is 43.9 Å². The van der Waals surface area contributed by atoms with Crippen molar-refractivity contribution in [1.82, 2.24) is 0 Å². The topological polar surface area (TPSA) is 0 Å². The second kappa shape index (κ2) is 8.97. The highest BCUT2D eigenvalue weighted by Crippen LogP contribution is 2.37. The van der Waals surface area contributed by atoms with Crippen LogP contribution in [0.15, 0.2) is 60.7 Å². The largest absolute Gasteiger partial charge is 0.203 e. The lowest BCUT2D eigenvalue weighted by atomic mass is 9.95. The van der Waals surface area contributed by atoms with Crippen molar-refractivity contribution in [3.63, 3.8) is 0 Å². The van der Waals surface area contributed by atoms with Gasteiger partial charge in [0, 0.05) is 0 Å². The van der Waals surface area contributed by atoms with Gasteiger partial charge in [-0.3, -0.25) is 0 Å². The Kier molecular flexibility index (Phi) is 5.76. The Morgan fingerprint density at radius 2 is 0.500 bits per heavy atom. The minimum absolute atomic E-state index is 0.243. The zero-order valence-electron chi connectivity index (χ0n) is 19.6. The van der Waals surface area contributed by atoms with Gasteiger partial charge in [-0.05, 0) is 79.8 Å². The lowest BCUT2D eigenvalue weighted by Gasteiger charge is -2.12. The van der Waals surface area contributed by atoms with Gasteiger partial charge in [0.15, 0.2) is 46.5 Å². The summed E-state index contributed by atoms with van der Waals surface area (Å²) in [5, 5.41) is 3.03. The van der Waals surface area contributed by atoms with Crippen LogP contribution in [0, 0.1) is 58.2 Å². The molecule has 0 heterocycles. The zero-order chi connectivity index (χ0) is 28.6. The molecule has 0 aliphatic carbocycles. The predicted octanol–water partition coefficient (Wildman–Crippen LogP) is 9.87. The number of hydrogen-bond acceptors (Lipinski definition) is 0. The number of benzene rings is 6. The predicted molar refractivity (Wildman–Crippen MR) is 129 cm³/mol. The first-order valence-electron chi connectivity index (χ1n) is 11.4. The van der Waals surface area contributed by atoms with Crippen LogP contribution < -0.4 is 0 Å². The Bertz CT molecular complexity index is 1860. The molecule has 0 amide bonds. The maximum atomic E-state index is 14.4. The molecule has 0 unspecified atom stereocenters. The monoisotopic (exact) mass is 560 g/mol. The van der Waals surface area contributed by atoms with E-state index in [0.717, 1.165) is 0 Å². The molecule has 0 aliphatic heterocycles. The quantitative estimate of drug-likeness (QED) is 0.0856. The molecule has 10 heteroatoms. The minimum atomic E-state index is -2.26. The highest BCUT2D eigenvalue weighted by atomic mass is 19.2. The summed E-state index contributed by atoms with van der Waals surface area (Å²) in [6.45, 7) is 0. The van der Waals surface area contributed by atoms with Crippen LogP contribution in [0.2, 0.25) is 0 Å². The summed E-state index contributed by atoms with van der Waals surface area (Å²) in [5.41, 5.74) is -2.63. The molecule has 0 radical (unpaired) electrons. The lowest BCUT2D eigenvalue weighted by Crippen LogP contribution is -2.04. The summed E-state index contributed by atoms with van der Waals surface area (Å²) in [7, 11) is 0. The third-order valence-corrected chi connectivity index (χ3v) is 6.75. The summed E-state index contributed by atoms with van der Waals surface area (Å²) >= 11 is 0. The van der Waals surface area contributed by atoms with Crippen molar-refractivity contribution in [2.45, 2.75) is 0 Å². The normalized spacial score (nSPS) is 11.8. The summed E-state index contributed by atoms with van der Waals surface area (Å²) < 4.78 is 139. The molecule has 0 fully saturated rings. The van der Waals surface area contributed by atoms with E-state index in [4.69, 9.17) is 0 Å². The van der Waals surface area contributed by atoms with Gasteiger partial charge in [0.05, 0.1) is 11.1 Å². The first-order valence-corrected chi connectivity index (χ1v) is 11.4.